The minimum Gasteiger partial charge on any atom is -0.497 e. The molecular formula is C22H26N2O2. The average molecular weight is 350 g/mol. The molecule has 2 heterocycles. The molecule has 1 aliphatic rings. The number of rotatable bonds is 4. The van der Waals surface area contributed by atoms with Gasteiger partial charge in [-0.05, 0) is 68.1 Å². The molecule has 26 heavy (non-hydrogen) atoms. The van der Waals surface area contributed by atoms with Crippen LogP contribution in [0.3, 0.4) is 0 Å². The first kappa shape index (κ1) is 17.0. The van der Waals surface area contributed by atoms with Crippen LogP contribution in [0.15, 0.2) is 30.3 Å². The highest BCUT2D eigenvalue weighted by molar-refractivity contribution is 5.86. The Bertz CT molecular complexity index is 958. The van der Waals surface area contributed by atoms with Crippen LogP contribution in [0.25, 0.3) is 10.9 Å². The molecule has 0 amide bonds. The summed E-state index contributed by atoms with van der Waals surface area (Å²) in [5.41, 5.74) is 7.53. The van der Waals surface area contributed by atoms with Gasteiger partial charge < -0.3 is 19.8 Å². The van der Waals surface area contributed by atoms with E-state index >= 15 is 0 Å². The Kier molecular flexibility index (Phi) is 4.37. The quantitative estimate of drug-likeness (QED) is 0.732. The van der Waals surface area contributed by atoms with E-state index in [9.17, 15) is 0 Å². The number of aryl methyl sites for hydroxylation is 2. The predicted octanol–water partition coefficient (Wildman–Crippen LogP) is 4.43. The van der Waals surface area contributed by atoms with Crippen molar-refractivity contribution in [3.05, 3.63) is 58.3 Å². The van der Waals surface area contributed by atoms with Crippen LogP contribution in [0.5, 0.6) is 11.5 Å². The molecule has 0 spiro atoms. The van der Waals surface area contributed by atoms with Gasteiger partial charge in [0.25, 0.3) is 0 Å². The van der Waals surface area contributed by atoms with Gasteiger partial charge in [-0.1, -0.05) is 6.07 Å². The summed E-state index contributed by atoms with van der Waals surface area (Å²) in [6.45, 7) is 7.94. The first-order chi connectivity index (χ1) is 12.6. The monoisotopic (exact) mass is 350 g/mol. The lowest BCUT2D eigenvalue weighted by Crippen LogP contribution is -2.31. The first-order valence-electron chi connectivity index (χ1n) is 9.28. The predicted molar refractivity (Wildman–Crippen MR) is 105 cm³/mol. The Morgan fingerprint density at radius 1 is 1.12 bits per heavy atom. The maximum absolute atomic E-state index is 5.98. The molecule has 0 radical (unpaired) electrons. The van der Waals surface area contributed by atoms with Gasteiger partial charge in [-0.3, -0.25) is 0 Å². The first-order valence-corrected chi connectivity index (χ1v) is 9.28. The summed E-state index contributed by atoms with van der Waals surface area (Å²) in [5, 5.41) is 4.94. The SMILES string of the molecule is CCOc1cc(C)c(C)cc1C1NCCc2c1[nH]c1ccc(OC)cc21. The van der Waals surface area contributed by atoms with E-state index in [0.29, 0.717) is 6.61 Å². The van der Waals surface area contributed by atoms with Gasteiger partial charge in [-0.25, -0.2) is 0 Å². The lowest BCUT2D eigenvalue weighted by atomic mass is 9.92. The molecule has 1 unspecified atom stereocenters. The fraction of sp³-hybridized carbons (Fsp3) is 0.364. The second kappa shape index (κ2) is 6.69. The van der Waals surface area contributed by atoms with E-state index in [1.165, 1.54) is 33.3 Å². The van der Waals surface area contributed by atoms with E-state index in [0.717, 1.165) is 30.0 Å². The van der Waals surface area contributed by atoms with Gasteiger partial charge in [-0.15, -0.1) is 0 Å². The van der Waals surface area contributed by atoms with E-state index < -0.39 is 0 Å². The number of nitrogens with one attached hydrogen (secondary N) is 2. The molecular weight excluding hydrogens is 324 g/mol. The second-order valence-corrected chi connectivity index (χ2v) is 6.97. The maximum atomic E-state index is 5.98. The second-order valence-electron chi connectivity index (χ2n) is 6.97. The highest BCUT2D eigenvalue weighted by Crippen LogP contribution is 2.38. The molecule has 1 aliphatic heterocycles. The van der Waals surface area contributed by atoms with E-state index in [4.69, 9.17) is 9.47 Å². The minimum atomic E-state index is 0.109. The summed E-state index contributed by atoms with van der Waals surface area (Å²) in [6.07, 6.45) is 1.01. The van der Waals surface area contributed by atoms with Crippen LogP contribution in [-0.2, 0) is 6.42 Å². The van der Waals surface area contributed by atoms with Crippen molar-refractivity contribution in [1.82, 2.24) is 10.3 Å². The van der Waals surface area contributed by atoms with Crippen molar-refractivity contribution in [2.24, 2.45) is 0 Å². The average Bonchev–Trinajstić information content (AvgIpc) is 3.02. The van der Waals surface area contributed by atoms with Gasteiger partial charge in [0.15, 0.2) is 0 Å². The number of H-pyrrole nitrogens is 1. The van der Waals surface area contributed by atoms with Crippen molar-refractivity contribution in [3.8, 4) is 11.5 Å². The molecule has 4 heteroatoms. The van der Waals surface area contributed by atoms with Gasteiger partial charge >= 0.3 is 0 Å². The molecule has 0 saturated heterocycles. The van der Waals surface area contributed by atoms with Crippen molar-refractivity contribution in [2.75, 3.05) is 20.3 Å². The van der Waals surface area contributed by atoms with E-state index in [2.05, 4.69) is 48.4 Å². The molecule has 136 valence electrons. The number of aromatic amines is 1. The van der Waals surface area contributed by atoms with E-state index in [1.54, 1.807) is 7.11 Å². The zero-order chi connectivity index (χ0) is 18.3. The van der Waals surface area contributed by atoms with Crippen LogP contribution < -0.4 is 14.8 Å². The van der Waals surface area contributed by atoms with E-state index in [1.807, 2.05) is 13.0 Å². The van der Waals surface area contributed by atoms with E-state index in [-0.39, 0.29) is 6.04 Å². The molecule has 0 saturated carbocycles. The minimum absolute atomic E-state index is 0.109. The summed E-state index contributed by atoms with van der Waals surface area (Å²) >= 11 is 0. The zero-order valence-electron chi connectivity index (χ0n) is 15.9. The largest absolute Gasteiger partial charge is 0.497 e. The molecule has 1 atom stereocenters. The summed E-state index contributed by atoms with van der Waals surface area (Å²) in [7, 11) is 1.72. The number of methoxy groups -OCH3 is 1. The number of hydrogen-bond donors (Lipinski definition) is 2. The van der Waals surface area contributed by atoms with Gasteiger partial charge in [0, 0.05) is 28.7 Å². The highest BCUT2D eigenvalue weighted by atomic mass is 16.5. The fourth-order valence-corrected chi connectivity index (χ4v) is 3.92. The molecule has 3 aromatic rings. The standard InChI is InChI=1S/C22H26N2O2/c1-5-26-20-11-14(3)13(2)10-18(20)21-22-16(8-9-23-21)17-12-15(25-4)6-7-19(17)24-22/h6-7,10-12,21,23-24H,5,8-9H2,1-4H3. The smallest absolute Gasteiger partial charge is 0.124 e. The summed E-state index contributed by atoms with van der Waals surface area (Å²) in [6, 6.07) is 10.8. The van der Waals surface area contributed by atoms with Crippen molar-refractivity contribution >= 4 is 10.9 Å². The number of ether oxygens (including phenoxy) is 2. The molecule has 4 nitrogen and oxygen atoms in total. The number of benzene rings is 2. The lowest BCUT2D eigenvalue weighted by molar-refractivity contribution is 0.332. The molecule has 4 rings (SSSR count). The fourth-order valence-electron chi connectivity index (χ4n) is 3.92. The van der Waals surface area contributed by atoms with Gasteiger partial charge in [0.05, 0.1) is 19.8 Å². The van der Waals surface area contributed by atoms with Gasteiger partial charge in [0.1, 0.15) is 11.5 Å². The van der Waals surface area contributed by atoms with Crippen LogP contribution in [-0.4, -0.2) is 25.2 Å². The number of hydrogen-bond acceptors (Lipinski definition) is 3. The third-order valence-corrected chi connectivity index (χ3v) is 5.40. The van der Waals surface area contributed by atoms with Crippen LogP contribution in [0.2, 0.25) is 0 Å². The van der Waals surface area contributed by atoms with Crippen molar-refractivity contribution in [1.29, 1.82) is 0 Å². The Morgan fingerprint density at radius 2 is 1.92 bits per heavy atom. The lowest BCUT2D eigenvalue weighted by Gasteiger charge is -2.27. The van der Waals surface area contributed by atoms with Gasteiger partial charge in [-0.2, -0.15) is 0 Å². The Hall–Kier alpha value is -2.46. The zero-order valence-corrected chi connectivity index (χ0v) is 15.9. The molecule has 0 fully saturated rings. The van der Waals surface area contributed by atoms with Crippen LogP contribution in [0.1, 0.15) is 40.9 Å². The van der Waals surface area contributed by atoms with Crippen molar-refractivity contribution in [3.63, 3.8) is 0 Å². The van der Waals surface area contributed by atoms with Crippen LogP contribution in [0.4, 0.5) is 0 Å². The Morgan fingerprint density at radius 3 is 2.69 bits per heavy atom. The molecule has 0 aliphatic carbocycles. The molecule has 1 aromatic heterocycles. The normalized spacial score (nSPS) is 16.5. The van der Waals surface area contributed by atoms with Crippen molar-refractivity contribution in [2.45, 2.75) is 33.2 Å². The Balaban J connectivity index is 1.87. The number of fused-ring (bicyclic) bond motifs is 3. The summed E-state index contributed by atoms with van der Waals surface area (Å²) in [4.78, 5) is 3.65. The van der Waals surface area contributed by atoms with Gasteiger partial charge in [0.2, 0.25) is 0 Å². The third kappa shape index (κ3) is 2.74. The van der Waals surface area contributed by atoms with Crippen molar-refractivity contribution < 1.29 is 9.47 Å². The Labute approximate surface area is 154 Å². The van der Waals surface area contributed by atoms with Crippen LogP contribution >= 0.6 is 0 Å². The summed E-state index contributed by atoms with van der Waals surface area (Å²) < 4.78 is 11.4. The number of aromatic nitrogens is 1. The molecule has 0 bridgehead atoms. The van der Waals surface area contributed by atoms with Crippen LogP contribution in [0, 0.1) is 13.8 Å². The summed E-state index contributed by atoms with van der Waals surface area (Å²) in [5.74, 6) is 1.87. The molecule has 2 N–H and O–H groups in total. The molecule has 2 aromatic carbocycles. The maximum Gasteiger partial charge on any atom is 0.124 e. The highest BCUT2D eigenvalue weighted by Gasteiger charge is 2.28. The third-order valence-electron chi connectivity index (χ3n) is 5.40. The topological polar surface area (TPSA) is 46.3 Å².